The normalized spacial score (nSPS) is 11.1. The van der Waals surface area contributed by atoms with Crippen LogP contribution in [0.1, 0.15) is 12.1 Å². The molecule has 2 N–H and O–H groups in total. The number of hydrogen-bond donors (Lipinski definition) is 2. The summed E-state index contributed by atoms with van der Waals surface area (Å²) in [6, 6.07) is 3.88. The quantitative estimate of drug-likeness (QED) is 0.538. The van der Waals surface area contributed by atoms with Crippen molar-refractivity contribution in [2.75, 3.05) is 11.9 Å². The first-order valence-electron chi connectivity index (χ1n) is 6.54. The molecule has 0 bridgehead atoms. The molecule has 0 spiro atoms. The third kappa shape index (κ3) is 3.31. The van der Waals surface area contributed by atoms with E-state index in [4.69, 9.17) is 16.7 Å². The first-order valence-corrected chi connectivity index (χ1v) is 7.79. The SMILES string of the molecule is OCc1cn(CCCNc2cc(Cl)nc3sccc23)nn1. The van der Waals surface area contributed by atoms with Crippen molar-refractivity contribution in [3.05, 3.63) is 34.6 Å². The van der Waals surface area contributed by atoms with Gasteiger partial charge < -0.3 is 10.4 Å². The van der Waals surface area contributed by atoms with Crippen LogP contribution in [0.2, 0.25) is 5.15 Å². The van der Waals surface area contributed by atoms with Crippen molar-refractivity contribution in [3.8, 4) is 0 Å². The Kier molecular flexibility index (Phi) is 4.33. The van der Waals surface area contributed by atoms with E-state index in [1.165, 1.54) is 0 Å². The number of aliphatic hydroxyl groups is 1. The maximum atomic E-state index is 8.93. The summed E-state index contributed by atoms with van der Waals surface area (Å²) in [7, 11) is 0. The van der Waals surface area contributed by atoms with Gasteiger partial charge in [0.05, 0.1) is 12.8 Å². The summed E-state index contributed by atoms with van der Waals surface area (Å²) in [6.45, 7) is 1.45. The maximum Gasteiger partial charge on any atom is 0.132 e. The minimum atomic E-state index is -0.0795. The van der Waals surface area contributed by atoms with E-state index < -0.39 is 0 Å². The van der Waals surface area contributed by atoms with E-state index in [1.54, 1.807) is 22.2 Å². The molecular formula is C13H14ClN5OS. The number of hydrogen-bond acceptors (Lipinski definition) is 6. The number of halogens is 1. The van der Waals surface area contributed by atoms with E-state index in [0.717, 1.165) is 35.4 Å². The summed E-state index contributed by atoms with van der Waals surface area (Å²) >= 11 is 7.59. The van der Waals surface area contributed by atoms with Crippen LogP contribution >= 0.6 is 22.9 Å². The minimum absolute atomic E-state index is 0.0795. The fourth-order valence-electron chi connectivity index (χ4n) is 2.05. The average Bonchev–Trinajstić information content (AvgIpc) is 3.11. The van der Waals surface area contributed by atoms with Crippen molar-refractivity contribution in [2.24, 2.45) is 0 Å². The Morgan fingerprint density at radius 1 is 1.43 bits per heavy atom. The summed E-state index contributed by atoms with van der Waals surface area (Å²) in [4.78, 5) is 5.22. The molecular weight excluding hydrogens is 310 g/mol. The third-order valence-electron chi connectivity index (χ3n) is 3.03. The zero-order valence-corrected chi connectivity index (χ0v) is 12.7. The number of nitrogens with zero attached hydrogens (tertiary/aromatic N) is 4. The fourth-order valence-corrected chi connectivity index (χ4v) is 3.08. The molecule has 0 aliphatic carbocycles. The molecule has 0 aromatic carbocycles. The van der Waals surface area contributed by atoms with Crippen LogP contribution in [0.4, 0.5) is 5.69 Å². The first kappa shape index (κ1) is 14.2. The van der Waals surface area contributed by atoms with Crippen LogP contribution in [-0.2, 0) is 13.2 Å². The van der Waals surface area contributed by atoms with Crippen LogP contribution in [0.3, 0.4) is 0 Å². The topological polar surface area (TPSA) is 75.9 Å². The molecule has 3 aromatic rings. The van der Waals surface area contributed by atoms with Gasteiger partial charge >= 0.3 is 0 Å². The number of aryl methyl sites for hydroxylation is 1. The van der Waals surface area contributed by atoms with E-state index >= 15 is 0 Å². The van der Waals surface area contributed by atoms with Gasteiger partial charge in [-0.3, -0.25) is 4.68 Å². The average molecular weight is 324 g/mol. The molecule has 0 fully saturated rings. The van der Waals surface area contributed by atoms with Crippen molar-refractivity contribution in [1.29, 1.82) is 0 Å². The van der Waals surface area contributed by atoms with Crippen LogP contribution < -0.4 is 5.32 Å². The molecule has 3 aromatic heterocycles. The largest absolute Gasteiger partial charge is 0.390 e. The van der Waals surface area contributed by atoms with Crippen molar-refractivity contribution in [2.45, 2.75) is 19.6 Å². The van der Waals surface area contributed by atoms with Crippen LogP contribution in [-0.4, -0.2) is 31.6 Å². The highest BCUT2D eigenvalue weighted by Crippen LogP contribution is 2.28. The number of fused-ring (bicyclic) bond motifs is 1. The molecule has 0 atom stereocenters. The van der Waals surface area contributed by atoms with Gasteiger partial charge in [-0.05, 0) is 23.9 Å². The highest BCUT2D eigenvalue weighted by molar-refractivity contribution is 7.16. The van der Waals surface area contributed by atoms with Gasteiger partial charge in [0.25, 0.3) is 0 Å². The lowest BCUT2D eigenvalue weighted by Crippen LogP contribution is -2.07. The van der Waals surface area contributed by atoms with Gasteiger partial charge in [0.1, 0.15) is 15.7 Å². The summed E-state index contributed by atoms with van der Waals surface area (Å²) in [6.07, 6.45) is 2.64. The third-order valence-corrected chi connectivity index (χ3v) is 4.03. The lowest BCUT2D eigenvalue weighted by Gasteiger charge is -2.08. The Labute approximate surface area is 130 Å². The molecule has 21 heavy (non-hydrogen) atoms. The summed E-state index contributed by atoms with van der Waals surface area (Å²) < 4.78 is 1.73. The maximum absolute atomic E-state index is 8.93. The predicted octanol–water partition coefficient (Wildman–Crippen LogP) is 2.54. The zero-order valence-electron chi connectivity index (χ0n) is 11.2. The number of nitrogens with one attached hydrogen (secondary N) is 1. The molecule has 8 heteroatoms. The highest BCUT2D eigenvalue weighted by Gasteiger charge is 2.05. The Hall–Kier alpha value is -1.70. The number of thiophene rings is 1. The monoisotopic (exact) mass is 323 g/mol. The molecule has 3 heterocycles. The van der Waals surface area contributed by atoms with E-state index in [9.17, 15) is 0 Å². The molecule has 0 radical (unpaired) electrons. The van der Waals surface area contributed by atoms with Crippen LogP contribution in [0.15, 0.2) is 23.7 Å². The molecule has 0 saturated heterocycles. The van der Waals surface area contributed by atoms with E-state index in [1.807, 2.05) is 17.5 Å². The molecule has 0 aliphatic rings. The van der Waals surface area contributed by atoms with Crippen molar-refractivity contribution in [3.63, 3.8) is 0 Å². The second kappa shape index (κ2) is 6.38. The number of rotatable bonds is 6. The summed E-state index contributed by atoms with van der Waals surface area (Å²) in [5.74, 6) is 0. The van der Waals surface area contributed by atoms with Crippen LogP contribution in [0, 0.1) is 0 Å². The van der Waals surface area contributed by atoms with Crippen molar-refractivity contribution in [1.82, 2.24) is 20.0 Å². The standard InChI is InChI=1S/C13H14ClN5OS/c14-12-6-11(10-2-5-21-13(10)16-12)15-3-1-4-19-7-9(8-20)17-18-19/h2,5-7,20H,1,3-4,8H2,(H,15,16). The van der Waals surface area contributed by atoms with Gasteiger partial charge in [0.15, 0.2) is 0 Å². The Morgan fingerprint density at radius 3 is 3.14 bits per heavy atom. The molecule has 110 valence electrons. The van der Waals surface area contributed by atoms with Crippen molar-refractivity contribution >= 4 is 38.8 Å². The smallest absolute Gasteiger partial charge is 0.132 e. The number of aliphatic hydroxyl groups excluding tert-OH is 1. The van der Waals surface area contributed by atoms with Gasteiger partial charge in [0, 0.05) is 24.2 Å². The fraction of sp³-hybridized carbons (Fsp3) is 0.308. The van der Waals surface area contributed by atoms with E-state index in [2.05, 4.69) is 20.6 Å². The number of anilines is 1. The lowest BCUT2D eigenvalue weighted by molar-refractivity contribution is 0.276. The molecule has 3 rings (SSSR count). The number of aromatic nitrogens is 4. The van der Waals surface area contributed by atoms with Gasteiger partial charge in [-0.1, -0.05) is 16.8 Å². The Morgan fingerprint density at radius 2 is 2.33 bits per heavy atom. The highest BCUT2D eigenvalue weighted by atomic mass is 35.5. The molecule has 6 nitrogen and oxygen atoms in total. The molecule has 0 amide bonds. The molecule has 0 unspecified atom stereocenters. The summed E-state index contributed by atoms with van der Waals surface area (Å²) in [5, 5.41) is 23.7. The van der Waals surface area contributed by atoms with Gasteiger partial charge in [0.2, 0.25) is 0 Å². The minimum Gasteiger partial charge on any atom is -0.390 e. The second-order valence-electron chi connectivity index (χ2n) is 4.54. The van der Waals surface area contributed by atoms with E-state index in [-0.39, 0.29) is 6.61 Å². The second-order valence-corrected chi connectivity index (χ2v) is 5.83. The summed E-state index contributed by atoms with van der Waals surface area (Å²) in [5.41, 5.74) is 1.59. The lowest BCUT2D eigenvalue weighted by atomic mass is 10.3. The van der Waals surface area contributed by atoms with Crippen molar-refractivity contribution < 1.29 is 5.11 Å². The van der Waals surface area contributed by atoms with Gasteiger partial charge in [-0.25, -0.2) is 4.98 Å². The van der Waals surface area contributed by atoms with E-state index in [0.29, 0.717) is 10.8 Å². The van der Waals surface area contributed by atoms with Crippen LogP contribution in [0.5, 0.6) is 0 Å². The Balaban J connectivity index is 1.58. The number of pyridine rings is 1. The first-order chi connectivity index (χ1) is 10.3. The zero-order chi connectivity index (χ0) is 14.7. The molecule has 0 aliphatic heterocycles. The van der Waals surface area contributed by atoms with Gasteiger partial charge in [-0.2, -0.15) is 0 Å². The van der Waals surface area contributed by atoms with Crippen LogP contribution in [0.25, 0.3) is 10.2 Å². The molecule has 0 saturated carbocycles. The predicted molar refractivity (Wildman–Crippen MR) is 83.7 cm³/mol. The Bertz CT molecular complexity index is 741. The van der Waals surface area contributed by atoms with Gasteiger partial charge in [-0.15, -0.1) is 16.4 Å².